The highest BCUT2D eigenvalue weighted by Crippen LogP contribution is 2.22. The summed E-state index contributed by atoms with van der Waals surface area (Å²) in [6, 6.07) is 4.63. The zero-order chi connectivity index (χ0) is 10.7. The normalized spacial score (nSPS) is 13.9. The lowest BCUT2D eigenvalue weighted by Crippen LogP contribution is -2.35. The summed E-state index contributed by atoms with van der Waals surface area (Å²) in [6.07, 6.45) is 0. The van der Waals surface area contributed by atoms with Gasteiger partial charge in [0, 0.05) is 12.6 Å². The number of furan rings is 1. The molecule has 1 aromatic heterocycles. The van der Waals surface area contributed by atoms with Crippen molar-refractivity contribution < 1.29 is 4.42 Å². The van der Waals surface area contributed by atoms with Gasteiger partial charge in [0.25, 0.3) is 0 Å². The molecule has 0 aliphatic heterocycles. The first-order chi connectivity index (χ1) is 6.56. The van der Waals surface area contributed by atoms with E-state index in [0.29, 0.717) is 12.6 Å². The highest BCUT2D eigenvalue weighted by molar-refractivity contribution is 5.10. The van der Waals surface area contributed by atoms with Gasteiger partial charge >= 0.3 is 0 Å². The van der Waals surface area contributed by atoms with E-state index in [1.165, 1.54) is 0 Å². The van der Waals surface area contributed by atoms with Crippen LogP contribution in [0.2, 0.25) is 0 Å². The number of nitrogens with zero attached hydrogens (tertiary/aromatic N) is 1. The second kappa shape index (κ2) is 4.62. The lowest BCUT2D eigenvalue weighted by molar-refractivity contribution is 0.177. The predicted octanol–water partition coefficient (Wildman–Crippen LogP) is 1.93. The first kappa shape index (κ1) is 11.3. The number of aryl methyl sites for hydroxylation is 1. The fraction of sp³-hybridized carbons (Fsp3) is 0.636. The molecule has 0 bridgehead atoms. The van der Waals surface area contributed by atoms with Gasteiger partial charge in [0.05, 0.1) is 6.04 Å². The van der Waals surface area contributed by atoms with Gasteiger partial charge in [0.15, 0.2) is 0 Å². The van der Waals surface area contributed by atoms with E-state index in [4.69, 9.17) is 10.2 Å². The second-order valence-corrected chi connectivity index (χ2v) is 3.96. The fourth-order valence-electron chi connectivity index (χ4n) is 1.48. The van der Waals surface area contributed by atoms with Crippen LogP contribution in [-0.4, -0.2) is 24.5 Å². The molecule has 1 aromatic rings. The first-order valence-corrected chi connectivity index (χ1v) is 5.04. The Morgan fingerprint density at radius 3 is 2.43 bits per heavy atom. The molecule has 2 N–H and O–H groups in total. The predicted molar refractivity (Wildman–Crippen MR) is 58.1 cm³/mol. The Morgan fingerprint density at radius 1 is 1.43 bits per heavy atom. The third kappa shape index (κ3) is 2.36. The van der Waals surface area contributed by atoms with Gasteiger partial charge in [-0.1, -0.05) is 0 Å². The molecule has 0 radical (unpaired) electrons. The Morgan fingerprint density at radius 2 is 2.07 bits per heavy atom. The minimum absolute atomic E-state index is 0.184. The molecule has 1 rings (SSSR count). The Labute approximate surface area is 85.9 Å². The number of nitrogens with two attached hydrogens (primary N) is 1. The maximum absolute atomic E-state index is 5.75. The molecule has 0 fully saturated rings. The van der Waals surface area contributed by atoms with E-state index in [9.17, 15) is 0 Å². The summed E-state index contributed by atoms with van der Waals surface area (Å²) in [6.45, 7) is 6.84. The van der Waals surface area contributed by atoms with Gasteiger partial charge in [-0.3, -0.25) is 4.90 Å². The van der Waals surface area contributed by atoms with E-state index in [1.807, 2.05) is 19.1 Å². The van der Waals surface area contributed by atoms with Crippen LogP contribution >= 0.6 is 0 Å². The largest absolute Gasteiger partial charge is 0.465 e. The third-order valence-corrected chi connectivity index (χ3v) is 2.62. The van der Waals surface area contributed by atoms with Crippen LogP contribution in [-0.2, 0) is 0 Å². The van der Waals surface area contributed by atoms with E-state index in [0.717, 1.165) is 11.5 Å². The number of hydrogen-bond donors (Lipinski definition) is 1. The average molecular weight is 196 g/mol. The zero-order valence-electron chi connectivity index (χ0n) is 9.45. The zero-order valence-corrected chi connectivity index (χ0v) is 9.45. The molecule has 0 amide bonds. The molecule has 3 heteroatoms. The van der Waals surface area contributed by atoms with Crippen LogP contribution in [0.3, 0.4) is 0 Å². The minimum Gasteiger partial charge on any atom is -0.465 e. The van der Waals surface area contributed by atoms with Crippen LogP contribution in [0.15, 0.2) is 16.5 Å². The summed E-state index contributed by atoms with van der Waals surface area (Å²) >= 11 is 0. The Bertz CT molecular complexity index is 281. The van der Waals surface area contributed by atoms with Gasteiger partial charge in [0.2, 0.25) is 0 Å². The molecular weight excluding hydrogens is 176 g/mol. The number of rotatable bonds is 4. The third-order valence-electron chi connectivity index (χ3n) is 2.62. The molecule has 0 saturated carbocycles. The van der Waals surface area contributed by atoms with Crippen molar-refractivity contribution in [3.63, 3.8) is 0 Å². The Kier molecular flexibility index (Phi) is 3.72. The van der Waals surface area contributed by atoms with Gasteiger partial charge in [-0.05, 0) is 40.0 Å². The van der Waals surface area contributed by atoms with Gasteiger partial charge in [-0.2, -0.15) is 0 Å². The number of hydrogen-bond acceptors (Lipinski definition) is 3. The lowest BCUT2D eigenvalue weighted by Gasteiger charge is -2.28. The van der Waals surface area contributed by atoms with Crippen molar-refractivity contribution in [1.29, 1.82) is 0 Å². The van der Waals surface area contributed by atoms with Crippen molar-refractivity contribution in [2.24, 2.45) is 5.73 Å². The minimum atomic E-state index is 0.184. The van der Waals surface area contributed by atoms with E-state index in [2.05, 4.69) is 25.8 Å². The maximum atomic E-state index is 5.75. The molecular formula is C11H20N2O. The monoisotopic (exact) mass is 196 g/mol. The van der Waals surface area contributed by atoms with E-state index in [-0.39, 0.29) is 6.04 Å². The molecule has 1 heterocycles. The van der Waals surface area contributed by atoms with Crippen molar-refractivity contribution in [3.8, 4) is 0 Å². The quantitative estimate of drug-likeness (QED) is 0.800. The molecule has 0 spiro atoms. The summed E-state index contributed by atoms with van der Waals surface area (Å²) < 4.78 is 5.59. The molecule has 1 unspecified atom stereocenters. The highest BCUT2D eigenvalue weighted by Gasteiger charge is 2.20. The molecule has 0 saturated heterocycles. The van der Waals surface area contributed by atoms with E-state index in [1.54, 1.807) is 0 Å². The average Bonchev–Trinajstić information content (AvgIpc) is 2.53. The summed E-state index contributed by atoms with van der Waals surface area (Å²) in [5, 5.41) is 0. The summed E-state index contributed by atoms with van der Waals surface area (Å²) in [7, 11) is 2.07. The van der Waals surface area contributed by atoms with Crippen LogP contribution in [0.1, 0.15) is 31.4 Å². The smallest absolute Gasteiger partial charge is 0.122 e. The van der Waals surface area contributed by atoms with Crippen molar-refractivity contribution in [2.45, 2.75) is 32.9 Å². The van der Waals surface area contributed by atoms with E-state index < -0.39 is 0 Å². The Balaban J connectivity index is 2.81. The standard InChI is InChI=1S/C11H20N2O/c1-8(2)13(4)10(7-12)11-6-5-9(3)14-11/h5-6,8,10H,7,12H2,1-4H3. The molecule has 80 valence electrons. The fourth-order valence-corrected chi connectivity index (χ4v) is 1.48. The van der Waals surface area contributed by atoms with Crippen molar-refractivity contribution in [1.82, 2.24) is 4.90 Å². The van der Waals surface area contributed by atoms with Crippen LogP contribution in [0.25, 0.3) is 0 Å². The van der Waals surface area contributed by atoms with Crippen molar-refractivity contribution >= 4 is 0 Å². The topological polar surface area (TPSA) is 42.4 Å². The summed E-state index contributed by atoms with van der Waals surface area (Å²) in [4.78, 5) is 2.22. The van der Waals surface area contributed by atoms with Crippen molar-refractivity contribution in [3.05, 3.63) is 23.7 Å². The molecule has 3 nitrogen and oxygen atoms in total. The van der Waals surface area contributed by atoms with Gasteiger partial charge < -0.3 is 10.2 Å². The first-order valence-electron chi connectivity index (χ1n) is 5.04. The van der Waals surface area contributed by atoms with Gasteiger partial charge in [-0.25, -0.2) is 0 Å². The van der Waals surface area contributed by atoms with Crippen LogP contribution in [0.4, 0.5) is 0 Å². The molecule has 1 atom stereocenters. The molecule has 0 aliphatic carbocycles. The summed E-state index contributed by atoms with van der Waals surface area (Å²) in [5.41, 5.74) is 5.75. The van der Waals surface area contributed by atoms with Crippen molar-refractivity contribution in [2.75, 3.05) is 13.6 Å². The van der Waals surface area contributed by atoms with E-state index >= 15 is 0 Å². The molecule has 0 aliphatic rings. The Hall–Kier alpha value is -0.800. The van der Waals surface area contributed by atoms with Crippen LogP contribution in [0, 0.1) is 6.92 Å². The van der Waals surface area contributed by atoms with Crippen LogP contribution < -0.4 is 5.73 Å². The molecule has 0 aromatic carbocycles. The van der Waals surface area contributed by atoms with Gasteiger partial charge in [0.1, 0.15) is 11.5 Å². The summed E-state index contributed by atoms with van der Waals surface area (Å²) in [5.74, 6) is 1.90. The lowest BCUT2D eigenvalue weighted by atomic mass is 10.1. The van der Waals surface area contributed by atoms with Crippen LogP contribution in [0.5, 0.6) is 0 Å². The van der Waals surface area contributed by atoms with Gasteiger partial charge in [-0.15, -0.1) is 0 Å². The molecule has 14 heavy (non-hydrogen) atoms. The maximum Gasteiger partial charge on any atom is 0.122 e. The SMILES string of the molecule is Cc1ccc(C(CN)N(C)C(C)C)o1. The highest BCUT2D eigenvalue weighted by atomic mass is 16.3. The number of likely N-dealkylation sites (N-methyl/N-ethyl adjacent to an activating group) is 1. The second-order valence-electron chi connectivity index (χ2n) is 3.96.